The minimum Gasteiger partial charge on any atom is -0.272 e. The molecule has 0 spiro atoms. The van der Waals surface area contributed by atoms with E-state index in [9.17, 15) is 18.0 Å². The second-order valence-corrected chi connectivity index (χ2v) is 8.26. The molecule has 2 heterocycles. The van der Waals surface area contributed by atoms with Gasteiger partial charge in [-0.3, -0.25) is 9.67 Å². The van der Waals surface area contributed by atoms with Gasteiger partial charge in [-0.15, -0.1) is 5.10 Å². The van der Waals surface area contributed by atoms with Crippen molar-refractivity contribution in [1.82, 2.24) is 29.5 Å². The lowest BCUT2D eigenvalue weighted by molar-refractivity contribution is -0.138. The van der Waals surface area contributed by atoms with Crippen molar-refractivity contribution in [3.8, 4) is 11.4 Å². The van der Waals surface area contributed by atoms with Gasteiger partial charge >= 0.3 is 11.9 Å². The van der Waals surface area contributed by atoms with Crippen molar-refractivity contribution in [2.75, 3.05) is 0 Å². The lowest BCUT2D eigenvalue weighted by Gasteiger charge is -2.11. The molecule has 1 saturated carbocycles. The van der Waals surface area contributed by atoms with Crippen molar-refractivity contribution >= 4 is 0 Å². The molecule has 7 nitrogen and oxygen atoms in total. The topological polar surface area (TPSA) is 81.4 Å². The van der Waals surface area contributed by atoms with E-state index in [1.54, 1.807) is 10.6 Å². The summed E-state index contributed by atoms with van der Waals surface area (Å²) in [7, 11) is 0. The molecule has 1 aliphatic carbocycles. The van der Waals surface area contributed by atoms with Gasteiger partial charge in [0.05, 0.1) is 5.56 Å². The molecular formula is C23H21F3N6O. The Hall–Kier alpha value is -3.69. The van der Waals surface area contributed by atoms with E-state index in [-0.39, 0.29) is 36.1 Å². The molecule has 0 radical (unpaired) electrons. The molecule has 1 fully saturated rings. The molecule has 0 amide bonds. The van der Waals surface area contributed by atoms with Crippen molar-refractivity contribution in [2.24, 2.45) is 0 Å². The Balaban J connectivity index is 1.41. The monoisotopic (exact) mass is 454 g/mol. The van der Waals surface area contributed by atoms with Gasteiger partial charge < -0.3 is 0 Å². The number of aryl methyl sites for hydroxylation is 1. The molecule has 5 rings (SSSR count). The number of H-pyrrole nitrogens is 1. The van der Waals surface area contributed by atoms with E-state index < -0.39 is 11.7 Å². The van der Waals surface area contributed by atoms with Crippen molar-refractivity contribution in [1.29, 1.82) is 0 Å². The molecule has 170 valence electrons. The van der Waals surface area contributed by atoms with Crippen LogP contribution in [-0.4, -0.2) is 29.5 Å². The van der Waals surface area contributed by atoms with Crippen LogP contribution in [0.5, 0.6) is 0 Å². The van der Waals surface area contributed by atoms with Crippen LogP contribution in [0.4, 0.5) is 13.2 Å². The second-order valence-electron chi connectivity index (χ2n) is 8.26. The van der Waals surface area contributed by atoms with Gasteiger partial charge in [0.1, 0.15) is 12.4 Å². The number of nitrogens with zero attached hydrogens (tertiary/aromatic N) is 5. The summed E-state index contributed by atoms with van der Waals surface area (Å²) in [4.78, 5) is 17.4. The molecule has 0 aliphatic heterocycles. The Bertz CT molecular complexity index is 1350. The van der Waals surface area contributed by atoms with Gasteiger partial charge in [0.15, 0.2) is 11.6 Å². The molecule has 4 aromatic rings. The minimum atomic E-state index is -4.45. The molecule has 0 atom stereocenters. The Labute approximate surface area is 186 Å². The number of rotatable bonds is 6. The fourth-order valence-corrected chi connectivity index (χ4v) is 3.83. The number of hydrogen-bond acceptors (Lipinski definition) is 4. The quantitative estimate of drug-likeness (QED) is 0.475. The fourth-order valence-electron chi connectivity index (χ4n) is 3.83. The molecule has 10 heteroatoms. The van der Waals surface area contributed by atoms with Gasteiger partial charge in [0.25, 0.3) is 0 Å². The van der Waals surface area contributed by atoms with Gasteiger partial charge in [-0.05, 0) is 31.4 Å². The summed E-state index contributed by atoms with van der Waals surface area (Å²) in [5.74, 6) is 1.17. The molecule has 1 N–H and O–H groups in total. The highest BCUT2D eigenvalue weighted by molar-refractivity contribution is 5.55. The number of benzene rings is 2. The largest absolute Gasteiger partial charge is 0.416 e. The van der Waals surface area contributed by atoms with Gasteiger partial charge in [0, 0.05) is 18.0 Å². The lowest BCUT2D eigenvalue weighted by Crippen LogP contribution is -2.25. The van der Waals surface area contributed by atoms with E-state index in [0.717, 1.165) is 30.0 Å². The van der Waals surface area contributed by atoms with Crippen molar-refractivity contribution in [3.05, 3.63) is 87.4 Å². The average Bonchev–Trinajstić information content (AvgIpc) is 3.43. The SMILES string of the molecule is Cc1ccc(-c2nn(Cc3nc(Cc4ccccc4C(F)(F)F)n[nH]3)c(=O)n2C2CC2)cc1. The molecular weight excluding hydrogens is 433 g/mol. The zero-order valence-corrected chi connectivity index (χ0v) is 17.8. The standard InChI is InChI=1S/C23H21F3N6O/c1-14-6-8-15(9-7-14)21-30-31(22(33)32(21)17-10-11-17)13-20-27-19(28-29-20)12-16-4-2-3-5-18(16)23(24,25)26/h2-9,17H,10-13H2,1H3,(H,27,28,29). The highest BCUT2D eigenvalue weighted by Crippen LogP contribution is 2.36. The van der Waals surface area contributed by atoms with Crippen LogP contribution < -0.4 is 5.69 Å². The third-order valence-corrected chi connectivity index (χ3v) is 5.64. The molecule has 2 aromatic heterocycles. The first-order valence-corrected chi connectivity index (χ1v) is 10.6. The first kappa shape index (κ1) is 21.2. The first-order valence-electron chi connectivity index (χ1n) is 10.6. The van der Waals surface area contributed by atoms with E-state index in [0.29, 0.717) is 11.6 Å². The Kier molecular flexibility index (Phi) is 5.15. The van der Waals surface area contributed by atoms with Crippen molar-refractivity contribution < 1.29 is 13.2 Å². The summed E-state index contributed by atoms with van der Waals surface area (Å²) in [5, 5.41) is 11.3. The average molecular weight is 454 g/mol. The number of halogens is 3. The molecule has 1 aliphatic rings. The molecule has 0 bridgehead atoms. The number of aromatic amines is 1. The Morgan fingerprint density at radius 3 is 2.52 bits per heavy atom. The third kappa shape index (κ3) is 4.33. The second kappa shape index (κ2) is 8.02. The summed E-state index contributed by atoms with van der Waals surface area (Å²) in [6, 6.07) is 13.3. The maximum Gasteiger partial charge on any atom is 0.416 e. The first-order chi connectivity index (χ1) is 15.8. The van der Waals surface area contributed by atoms with Crippen LogP contribution in [0.15, 0.2) is 53.3 Å². The van der Waals surface area contributed by atoms with E-state index in [1.807, 2.05) is 31.2 Å². The molecule has 0 saturated heterocycles. The van der Waals surface area contributed by atoms with Gasteiger partial charge in [-0.2, -0.15) is 18.3 Å². The number of aromatic nitrogens is 6. The Morgan fingerprint density at radius 1 is 1.09 bits per heavy atom. The predicted octanol–water partition coefficient (Wildman–Crippen LogP) is 4.13. The highest BCUT2D eigenvalue weighted by atomic mass is 19.4. The maximum absolute atomic E-state index is 13.3. The van der Waals surface area contributed by atoms with E-state index >= 15 is 0 Å². The van der Waals surface area contributed by atoms with Crippen LogP contribution in [0.1, 0.15) is 47.2 Å². The van der Waals surface area contributed by atoms with Crippen molar-refractivity contribution in [2.45, 2.75) is 44.9 Å². The van der Waals surface area contributed by atoms with Crippen molar-refractivity contribution in [3.63, 3.8) is 0 Å². The zero-order chi connectivity index (χ0) is 23.2. The number of alkyl halides is 3. The van der Waals surface area contributed by atoms with Crippen LogP contribution in [0.25, 0.3) is 11.4 Å². The number of nitrogens with one attached hydrogen (secondary N) is 1. The Morgan fingerprint density at radius 2 is 1.82 bits per heavy atom. The van der Waals surface area contributed by atoms with E-state index in [1.165, 1.54) is 16.8 Å². The smallest absolute Gasteiger partial charge is 0.272 e. The predicted molar refractivity (Wildman–Crippen MR) is 115 cm³/mol. The van der Waals surface area contributed by atoms with Crippen LogP contribution in [0.2, 0.25) is 0 Å². The van der Waals surface area contributed by atoms with Crippen LogP contribution >= 0.6 is 0 Å². The summed E-state index contributed by atoms with van der Waals surface area (Å²) in [6.07, 6.45) is -2.68. The van der Waals surface area contributed by atoms with Gasteiger partial charge in [0.2, 0.25) is 0 Å². The third-order valence-electron chi connectivity index (χ3n) is 5.64. The minimum absolute atomic E-state index is 0.0470. The highest BCUT2D eigenvalue weighted by Gasteiger charge is 2.33. The molecule has 0 unspecified atom stereocenters. The molecule has 2 aromatic carbocycles. The molecule has 33 heavy (non-hydrogen) atoms. The number of hydrogen-bond donors (Lipinski definition) is 1. The zero-order valence-electron chi connectivity index (χ0n) is 17.8. The summed E-state index contributed by atoms with van der Waals surface area (Å²) < 4.78 is 42.8. The summed E-state index contributed by atoms with van der Waals surface area (Å²) in [6.45, 7) is 2.04. The van der Waals surface area contributed by atoms with Crippen LogP contribution in [0, 0.1) is 6.92 Å². The van der Waals surface area contributed by atoms with E-state index in [4.69, 9.17) is 0 Å². The lowest BCUT2D eigenvalue weighted by atomic mass is 10.0. The fraction of sp³-hybridized carbons (Fsp3) is 0.304. The normalized spacial score (nSPS) is 14.1. The summed E-state index contributed by atoms with van der Waals surface area (Å²) >= 11 is 0. The van der Waals surface area contributed by atoms with Gasteiger partial charge in [-0.25, -0.2) is 14.5 Å². The maximum atomic E-state index is 13.3. The summed E-state index contributed by atoms with van der Waals surface area (Å²) in [5.41, 5.74) is 1.10. The van der Waals surface area contributed by atoms with Gasteiger partial charge in [-0.1, -0.05) is 48.0 Å². The van der Waals surface area contributed by atoms with E-state index in [2.05, 4.69) is 20.3 Å². The van der Waals surface area contributed by atoms with Crippen LogP contribution in [0.3, 0.4) is 0 Å². The van der Waals surface area contributed by atoms with Crippen LogP contribution in [-0.2, 0) is 19.1 Å².